The number of carbonyl (C=O) groups excluding carboxylic acids is 2. The molecule has 64 heavy (non-hydrogen) atoms. The summed E-state index contributed by atoms with van der Waals surface area (Å²) in [6, 6.07) is 43.9. The molecule has 6 fully saturated rings. The van der Waals surface area contributed by atoms with Crippen molar-refractivity contribution in [3.05, 3.63) is 184 Å². The van der Waals surface area contributed by atoms with Gasteiger partial charge in [0.15, 0.2) is 0 Å². The van der Waals surface area contributed by atoms with E-state index in [1.165, 1.54) is 35.1 Å². The standard InChI is InChI=1S/C20H20Br2O2.C20H16Br2.C8H10O2.C6H4Br.U/c21-17-7-3-13(4-8-17)19(23)12-16-2-1-15(19)11-20(16,24)14-5-9-18(22)10-6-14;21-17-7-3-13(4-8-17)19-12-16-2-1-15(19)11-20(16)14-5-9-18(22)10-6-14;9-7-4-6-2-1-5(7)3-8(6)10;7-6-4-2-1-3-5-6;/h3-10,15-16,23-24H,1-2,11-12H2;3-12,15-16H,1-2H2;5-6H,1-4H2;2-5H;/q;;;-1;. The number of rotatable bonds is 4. The minimum atomic E-state index is -0.828. The van der Waals surface area contributed by atoms with Gasteiger partial charge in [-0.15, -0.1) is 0 Å². The first-order valence-electron chi connectivity index (χ1n) is 21.9. The van der Waals surface area contributed by atoms with Crippen molar-refractivity contribution in [3.63, 3.8) is 0 Å². The SMILES string of the molecule is Brc1cc[c-]cc1.Brc1ccc(C2=CC3CCC2C=C3c2ccc(Br)cc2)cc1.O=C1CC2CCC1CC2=O.OC1(c2ccc(Br)cc2)CC2CCC1CC2(O)c1ccc(Br)cc1.[U]. The van der Waals surface area contributed by atoms with E-state index in [1.807, 2.05) is 72.8 Å². The molecule has 0 radical (unpaired) electrons. The maximum Gasteiger partial charge on any atom is 0.137 e. The van der Waals surface area contributed by atoms with E-state index >= 15 is 0 Å². The number of halogens is 5. The Morgan fingerprint density at radius 1 is 0.453 bits per heavy atom. The zero-order valence-electron chi connectivity index (χ0n) is 35.3. The molecule has 0 spiro atoms. The molecule has 5 aromatic rings. The second-order valence-corrected chi connectivity index (χ2v) is 22.4. The van der Waals surface area contributed by atoms with Crippen molar-refractivity contribution < 1.29 is 50.9 Å². The van der Waals surface area contributed by atoms with E-state index in [9.17, 15) is 19.8 Å². The van der Waals surface area contributed by atoms with E-state index < -0.39 is 11.2 Å². The summed E-state index contributed by atoms with van der Waals surface area (Å²) in [6.07, 6.45) is 13.7. The number of aliphatic hydroxyl groups is 2. The van der Waals surface area contributed by atoms with Crippen LogP contribution >= 0.6 is 79.6 Å². The van der Waals surface area contributed by atoms with E-state index in [1.54, 1.807) is 0 Å². The maximum atomic E-state index is 11.4. The van der Waals surface area contributed by atoms with E-state index in [0.717, 1.165) is 59.2 Å². The van der Waals surface area contributed by atoms with Gasteiger partial charge in [0.2, 0.25) is 0 Å². The number of hydrogen-bond donors (Lipinski definition) is 2. The number of benzene rings is 5. The molecular formula is C54H50Br5O4U-. The molecule has 330 valence electrons. The Morgan fingerprint density at radius 3 is 1.05 bits per heavy atom. The van der Waals surface area contributed by atoms with E-state index in [0.29, 0.717) is 49.1 Å². The van der Waals surface area contributed by atoms with Crippen LogP contribution in [-0.2, 0) is 20.8 Å². The molecular weight excluding hydrogens is 1350 g/mol. The normalized spacial score (nSPS) is 28.2. The fraction of sp³-hybridized carbons (Fsp3) is 0.333. The van der Waals surface area contributed by atoms with Crippen LogP contribution in [0.3, 0.4) is 0 Å². The number of fused-ring (bicyclic) bond motifs is 7. The van der Waals surface area contributed by atoms with Gasteiger partial charge in [0.05, 0.1) is 11.2 Å². The molecule has 0 aromatic heterocycles. The Bertz CT molecular complexity index is 2300. The van der Waals surface area contributed by atoms with Crippen molar-refractivity contribution in [2.75, 3.05) is 0 Å². The van der Waals surface area contributed by atoms with Crippen molar-refractivity contribution in [2.24, 2.45) is 35.5 Å². The van der Waals surface area contributed by atoms with Gasteiger partial charge < -0.3 is 10.2 Å². The van der Waals surface area contributed by atoms with Crippen molar-refractivity contribution in [1.82, 2.24) is 0 Å². The topological polar surface area (TPSA) is 74.6 Å². The van der Waals surface area contributed by atoms with Crippen LogP contribution in [0.25, 0.3) is 11.1 Å². The Morgan fingerprint density at radius 2 is 0.781 bits per heavy atom. The van der Waals surface area contributed by atoms with Gasteiger partial charge in [-0.2, -0.15) is 30.3 Å². The smallest absolute Gasteiger partial charge is 0.137 e. The van der Waals surface area contributed by atoms with Crippen LogP contribution in [0, 0.1) is 72.7 Å². The number of ketones is 2. The third-order valence-corrected chi connectivity index (χ3v) is 16.7. The van der Waals surface area contributed by atoms with Gasteiger partial charge in [-0.25, -0.2) is 0 Å². The van der Waals surface area contributed by atoms with Crippen molar-refractivity contribution >= 4 is 102 Å². The van der Waals surface area contributed by atoms with Gasteiger partial charge >= 0.3 is 0 Å². The monoisotopic (exact) mass is 1400 g/mol. The summed E-state index contributed by atoms with van der Waals surface area (Å²) >= 11 is 17.2. The van der Waals surface area contributed by atoms with Gasteiger partial charge in [0.1, 0.15) is 11.6 Å². The average molecular weight is 1400 g/mol. The zero-order chi connectivity index (χ0) is 44.3. The summed E-state index contributed by atoms with van der Waals surface area (Å²) in [7, 11) is 0. The molecule has 0 aliphatic heterocycles. The van der Waals surface area contributed by atoms with Gasteiger partial charge in [0.25, 0.3) is 0 Å². The fourth-order valence-electron chi connectivity index (χ4n) is 10.6. The summed E-state index contributed by atoms with van der Waals surface area (Å²) in [5, 5.41) is 22.8. The van der Waals surface area contributed by atoms with Gasteiger partial charge in [-0.05, 0) is 145 Å². The Hall–Kier alpha value is -1.71. The molecule has 9 aliphatic rings. The quantitative estimate of drug-likeness (QED) is 0.176. The first-order chi connectivity index (χ1) is 30.3. The third-order valence-electron chi connectivity index (χ3n) is 14.1. The molecule has 14 rings (SSSR count). The van der Waals surface area contributed by atoms with Crippen LogP contribution in [0.2, 0.25) is 0 Å². The summed E-state index contributed by atoms with van der Waals surface area (Å²) in [6.45, 7) is 0. The Balaban J connectivity index is 0.000000140. The molecule has 0 amide bonds. The van der Waals surface area contributed by atoms with E-state index in [4.69, 9.17) is 0 Å². The van der Waals surface area contributed by atoms with Crippen LogP contribution in [0.15, 0.2) is 156 Å². The van der Waals surface area contributed by atoms with Crippen LogP contribution in [0.1, 0.15) is 86.5 Å². The molecule has 10 heteroatoms. The van der Waals surface area contributed by atoms with Crippen molar-refractivity contribution in [2.45, 2.75) is 75.4 Å². The molecule has 5 aromatic carbocycles. The predicted molar refractivity (Wildman–Crippen MR) is 270 cm³/mol. The molecule has 0 heterocycles. The molecule has 2 N–H and O–H groups in total. The fourth-order valence-corrected chi connectivity index (χ4v) is 12.0. The number of allylic oxidation sites excluding steroid dienone is 4. The molecule has 8 atom stereocenters. The number of hydrogen-bond acceptors (Lipinski definition) is 4. The van der Waals surface area contributed by atoms with Crippen LogP contribution < -0.4 is 0 Å². The maximum absolute atomic E-state index is 11.4. The van der Waals surface area contributed by atoms with Crippen molar-refractivity contribution in [1.29, 1.82) is 0 Å². The molecule has 9 aliphatic carbocycles. The van der Waals surface area contributed by atoms with Crippen molar-refractivity contribution in [3.8, 4) is 0 Å². The predicted octanol–water partition coefficient (Wildman–Crippen LogP) is 15.0. The minimum absolute atomic E-state index is 0. The largest absolute Gasteiger partial charge is 0.385 e. The zero-order valence-corrected chi connectivity index (χ0v) is 47.4. The summed E-state index contributed by atoms with van der Waals surface area (Å²) < 4.78 is 5.42. The molecule has 4 nitrogen and oxygen atoms in total. The van der Waals surface area contributed by atoms with Crippen LogP contribution in [0.5, 0.6) is 0 Å². The second-order valence-electron chi connectivity index (χ2n) is 17.8. The van der Waals surface area contributed by atoms with Crippen LogP contribution in [0.4, 0.5) is 0 Å². The molecule has 8 unspecified atom stereocenters. The summed E-state index contributed by atoms with van der Waals surface area (Å²) in [5.41, 5.74) is 6.02. The van der Waals surface area contributed by atoms with E-state index in [-0.39, 0.29) is 54.8 Å². The van der Waals surface area contributed by atoms with E-state index in [2.05, 4.69) is 146 Å². The van der Waals surface area contributed by atoms with Gasteiger partial charge in [-0.3, -0.25) is 9.59 Å². The second kappa shape index (κ2) is 22.2. The molecule has 6 bridgehead atoms. The first kappa shape index (κ1) is 50.2. The Labute approximate surface area is 443 Å². The van der Waals surface area contributed by atoms with Gasteiger partial charge in [0, 0.05) is 85.5 Å². The summed E-state index contributed by atoms with van der Waals surface area (Å²) in [4.78, 5) is 22.1. The average Bonchev–Trinajstić information content (AvgIpc) is 3.29. The minimum Gasteiger partial charge on any atom is -0.385 e. The van der Waals surface area contributed by atoms with Gasteiger partial charge in [-0.1, -0.05) is 145 Å². The summed E-state index contributed by atoms with van der Waals surface area (Å²) in [5.74, 6) is 2.16. The number of carbonyl (C=O) groups is 2. The molecule has 0 saturated heterocycles. The third kappa shape index (κ3) is 11.6. The first-order valence-corrected chi connectivity index (χ1v) is 25.8. The molecule has 6 saturated carbocycles. The Kier molecular flexibility index (Phi) is 17.4. The number of Topliss-reactive ketones (excluding diaryl/α,β-unsaturated/α-hetero) is 2. The van der Waals surface area contributed by atoms with Crippen LogP contribution in [-0.4, -0.2) is 21.8 Å².